The third-order valence-corrected chi connectivity index (χ3v) is 6.12. The Morgan fingerprint density at radius 1 is 0.962 bits per heavy atom. The summed E-state index contributed by atoms with van der Waals surface area (Å²) >= 11 is 0. The van der Waals surface area contributed by atoms with Crippen LogP contribution in [0.2, 0.25) is 0 Å². The summed E-state index contributed by atoms with van der Waals surface area (Å²) in [5.74, 6) is -0.829. The molecule has 0 amide bonds. The highest BCUT2D eigenvalue weighted by molar-refractivity contribution is 7.89. The fourth-order valence-electron chi connectivity index (χ4n) is 2.74. The Kier molecular flexibility index (Phi) is 5.05. The van der Waals surface area contributed by atoms with E-state index >= 15 is 0 Å². The van der Waals surface area contributed by atoms with Crippen LogP contribution in [-0.4, -0.2) is 63.2 Å². The lowest BCUT2D eigenvalue weighted by Gasteiger charge is -2.34. The van der Waals surface area contributed by atoms with Gasteiger partial charge >= 0.3 is 0 Å². The molecule has 0 spiro atoms. The van der Waals surface area contributed by atoms with E-state index in [1.54, 1.807) is 0 Å². The third kappa shape index (κ3) is 3.47. The second-order valence-electron chi connectivity index (χ2n) is 6.09. The van der Waals surface area contributed by atoms with Gasteiger partial charge in [0.1, 0.15) is 11.6 Å². The lowest BCUT2D eigenvalue weighted by atomic mass is 10.3. The van der Waals surface area contributed by atoms with Crippen LogP contribution in [0.25, 0.3) is 0 Å². The Bertz CT molecular complexity index is 862. The molecule has 1 aliphatic rings. The molecule has 10 heteroatoms. The maximum absolute atomic E-state index is 13.9. The highest BCUT2D eigenvalue weighted by Gasteiger charge is 2.33. The van der Waals surface area contributed by atoms with E-state index in [2.05, 4.69) is 10.2 Å². The fourth-order valence-corrected chi connectivity index (χ4v) is 4.27. The first-order valence-corrected chi connectivity index (χ1v) is 9.45. The van der Waals surface area contributed by atoms with Gasteiger partial charge in [0.05, 0.1) is 0 Å². The molecule has 1 fully saturated rings. The Morgan fingerprint density at radius 2 is 1.58 bits per heavy atom. The Morgan fingerprint density at radius 3 is 2.08 bits per heavy atom. The van der Waals surface area contributed by atoms with E-state index in [0.29, 0.717) is 24.7 Å². The summed E-state index contributed by atoms with van der Waals surface area (Å²) in [5.41, 5.74) is 0. The Balaban J connectivity index is 1.74. The number of hydrogen-bond donors (Lipinski definition) is 0. The summed E-state index contributed by atoms with van der Waals surface area (Å²) in [6.45, 7) is 0.914. The maximum atomic E-state index is 13.9. The van der Waals surface area contributed by atoms with Crippen molar-refractivity contribution < 1.29 is 17.2 Å². The first-order chi connectivity index (χ1) is 12.3. The zero-order chi connectivity index (χ0) is 18.9. The number of hydrogen-bond acceptors (Lipinski definition) is 6. The molecular formula is C16H19F2N5O2S. The number of nitrogens with zero attached hydrogens (tertiary/aromatic N) is 5. The largest absolute Gasteiger partial charge is 0.361 e. The number of sulfonamides is 1. The molecule has 0 saturated carbocycles. The minimum absolute atomic E-state index is 0.104. The molecule has 1 aromatic carbocycles. The molecule has 1 saturated heterocycles. The molecule has 26 heavy (non-hydrogen) atoms. The zero-order valence-electron chi connectivity index (χ0n) is 14.4. The van der Waals surface area contributed by atoms with Gasteiger partial charge in [-0.2, -0.15) is 4.31 Å². The van der Waals surface area contributed by atoms with Gasteiger partial charge in [0.25, 0.3) is 0 Å². The van der Waals surface area contributed by atoms with E-state index in [9.17, 15) is 17.2 Å². The van der Waals surface area contributed by atoms with Gasteiger partial charge < -0.3 is 9.80 Å². The molecule has 0 atom stereocenters. The van der Waals surface area contributed by atoms with E-state index in [1.807, 2.05) is 36.0 Å². The summed E-state index contributed by atoms with van der Waals surface area (Å²) in [4.78, 5) is 2.81. The molecule has 140 valence electrons. The second-order valence-corrected chi connectivity index (χ2v) is 7.96. The predicted octanol–water partition coefficient (Wildman–Crippen LogP) is 1.33. The van der Waals surface area contributed by atoms with Gasteiger partial charge in [-0.15, -0.1) is 10.2 Å². The van der Waals surface area contributed by atoms with Crippen molar-refractivity contribution in [3.63, 3.8) is 0 Å². The van der Waals surface area contributed by atoms with Crippen LogP contribution in [0.5, 0.6) is 0 Å². The molecule has 2 heterocycles. The van der Waals surface area contributed by atoms with Crippen molar-refractivity contribution in [1.29, 1.82) is 0 Å². The lowest BCUT2D eigenvalue weighted by molar-refractivity contribution is 0.377. The molecule has 3 rings (SSSR count). The first-order valence-electron chi connectivity index (χ1n) is 8.01. The van der Waals surface area contributed by atoms with Crippen LogP contribution in [-0.2, 0) is 10.0 Å². The number of piperazine rings is 1. The van der Waals surface area contributed by atoms with E-state index in [-0.39, 0.29) is 13.1 Å². The molecule has 0 unspecified atom stereocenters. The lowest BCUT2D eigenvalue weighted by Crippen LogP contribution is -2.49. The Labute approximate surface area is 150 Å². The average molecular weight is 383 g/mol. The van der Waals surface area contributed by atoms with Crippen molar-refractivity contribution in [2.24, 2.45) is 0 Å². The fraction of sp³-hybridized carbons (Fsp3) is 0.375. The molecule has 0 N–H and O–H groups in total. The number of aromatic nitrogens is 2. The minimum atomic E-state index is -4.23. The molecule has 1 aromatic heterocycles. The zero-order valence-corrected chi connectivity index (χ0v) is 15.2. The number of halogens is 2. The highest BCUT2D eigenvalue weighted by Crippen LogP contribution is 2.24. The van der Waals surface area contributed by atoms with Crippen LogP contribution in [0.3, 0.4) is 0 Å². The van der Waals surface area contributed by atoms with Crippen LogP contribution in [0.15, 0.2) is 35.2 Å². The van der Waals surface area contributed by atoms with Crippen LogP contribution in [0, 0.1) is 11.6 Å². The smallest absolute Gasteiger partial charge is 0.249 e. The SMILES string of the molecule is CN(C)c1ccc(N2CCN(S(=O)(=O)c3c(F)cccc3F)CC2)nn1. The quantitative estimate of drug-likeness (QED) is 0.794. The van der Waals surface area contributed by atoms with Crippen molar-refractivity contribution in [3.05, 3.63) is 42.0 Å². The van der Waals surface area contributed by atoms with E-state index in [0.717, 1.165) is 22.5 Å². The van der Waals surface area contributed by atoms with Gasteiger partial charge in [0.2, 0.25) is 10.0 Å². The van der Waals surface area contributed by atoms with Crippen LogP contribution in [0.4, 0.5) is 20.4 Å². The van der Waals surface area contributed by atoms with Crippen molar-refractivity contribution in [2.75, 3.05) is 50.1 Å². The Hall–Kier alpha value is -2.33. The third-order valence-electron chi connectivity index (χ3n) is 4.17. The second kappa shape index (κ2) is 7.12. The van der Waals surface area contributed by atoms with Gasteiger partial charge in [-0.1, -0.05) is 6.07 Å². The molecule has 0 aliphatic carbocycles. The van der Waals surface area contributed by atoms with Crippen LogP contribution < -0.4 is 9.80 Å². The van der Waals surface area contributed by atoms with Gasteiger partial charge in [0, 0.05) is 40.3 Å². The van der Waals surface area contributed by atoms with Gasteiger partial charge in [-0.3, -0.25) is 0 Å². The number of benzene rings is 1. The predicted molar refractivity (Wildman–Crippen MR) is 93.7 cm³/mol. The highest BCUT2D eigenvalue weighted by atomic mass is 32.2. The minimum Gasteiger partial charge on any atom is -0.361 e. The number of rotatable bonds is 4. The topological polar surface area (TPSA) is 69.6 Å². The van der Waals surface area contributed by atoms with Crippen LogP contribution in [0.1, 0.15) is 0 Å². The van der Waals surface area contributed by atoms with Gasteiger partial charge in [0.15, 0.2) is 16.5 Å². The monoisotopic (exact) mass is 383 g/mol. The van der Waals surface area contributed by atoms with Crippen molar-refractivity contribution in [2.45, 2.75) is 4.90 Å². The summed E-state index contributed by atoms with van der Waals surface area (Å²) in [5, 5.41) is 8.24. The van der Waals surface area contributed by atoms with E-state index < -0.39 is 26.6 Å². The molecule has 1 aliphatic heterocycles. The van der Waals surface area contributed by atoms with E-state index in [4.69, 9.17) is 0 Å². The summed E-state index contributed by atoms with van der Waals surface area (Å²) in [6, 6.07) is 6.64. The first kappa shape index (κ1) is 18.5. The summed E-state index contributed by atoms with van der Waals surface area (Å²) in [7, 11) is -0.520. The van der Waals surface area contributed by atoms with Gasteiger partial charge in [-0.05, 0) is 24.3 Å². The molecule has 2 aromatic rings. The molecule has 0 radical (unpaired) electrons. The molecule has 0 bridgehead atoms. The summed E-state index contributed by atoms with van der Waals surface area (Å²) < 4.78 is 54.0. The van der Waals surface area contributed by atoms with Crippen molar-refractivity contribution in [1.82, 2.24) is 14.5 Å². The standard InChI is InChI=1S/C16H19F2N5O2S/c1-21(2)14-6-7-15(20-19-14)22-8-10-23(11-9-22)26(24,25)16-12(17)4-3-5-13(16)18/h3-7H,8-11H2,1-2H3. The van der Waals surface area contributed by atoms with Crippen LogP contribution >= 0.6 is 0 Å². The maximum Gasteiger partial charge on any atom is 0.249 e. The summed E-state index contributed by atoms with van der Waals surface area (Å²) in [6.07, 6.45) is 0. The normalized spacial score (nSPS) is 15.9. The van der Waals surface area contributed by atoms with Crippen molar-refractivity contribution >= 4 is 21.7 Å². The average Bonchev–Trinajstić information content (AvgIpc) is 2.61. The number of anilines is 2. The molecular weight excluding hydrogens is 364 g/mol. The van der Waals surface area contributed by atoms with Gasteiger partial charge in [-0.25, -0.2) is 17.2 Å². The molecule has 7 nitrogen and oxygen atoms in total. The van der Waals surface area contributed by atoms with E-state index in [1.165, 1.54) is 0 Å². The van der Waals surface area contributed by atoms with Crippen molar-refractivity contribution in [3.8, 4) is 0 Å².